The zero-order valence-electron chi connectivity index (χ0n) is 21.0. The molecule has 230 valence electrons. The minimum absolute atomic E-state index is 0.170. The van der Waals surface area contributed by atoms with Gasteiger partial charge in [-0.1, -0.05) is 0 Å². The SMILES string of the molecule is Nc1ccn([C@H]2O[C@@H]([C@H](O[C@H]3O[C@@H](CO)[C@@H](O)[C@@H](N)[C@H]3O)[C@H](O)[C@H](O)[C@H](O)[C@H](O)CO)[C@@H](N)[C@@H](O)[C@H]2O)c(=O)n1. The van der Waals surface area contributed by atoms with E-state index < -0.39 is 111 Å². The molecule has 0 bridgehead atoms. The monoisotopic (exact) mass is 583 g/mol. The molecule has 2 fully saturated rings. The van der Waals surface area contributed by atoms with Crippen molar-refractivity contribution in [3.8, 4) is 0 Å². The molecule has 0 aliphatic carbocycles. The number of aliphatic hydroxyl groups excluding tert-OH is 10. The summed E-state index contributed by atoms with van der Waals surface area (Å²) in [6, 6.07) is -1.90. The Kier molecular flexibility index (Phi) is 10.9. The second kappa shape index (κ2) is 13.4. The van der Waals surface area contributed by atoms with Crippen LogP contribution in [0.3, 0.4) is 0 Å². The Labute approximate surface area is 226 Å². The summed E-state index contributed by atoms with van der Waals surface area (Å²) in [4.78, 5) is 15.9. The van der Waals surface area contributed by atoms with Crippen LogP contribution in [-0.2, 0) is 14.2 Å². The third-order valence-electron chi connectivity index (χ3n) is 7.01. The lowest BCUT2D eigenvalue weighted by Crippen LogP contribution is -2.69. The quantitative estimate of drug-likeness (QED) is 0.121. The summed E-state index contributed by atoms with van der Waals surface area (Å²) in [7, 11) is 0. The van der Waals surface area contributed by atoms with Gasteiger partial charge >= 0.3 is 5.69 Å². The van der Waals surface area contributed by atoms with Crippen LogP contribution < -0.4 is 22.9 Å². The van der Waals surface area contributed by atoms with E-state index in [4.69, 9.17) is 36.5 Å². The summed E-state index contributed by atoms with van der Waals surface area (Å²) < 4.78 is 17.5. The average molecular weight is 584 g/mol. The number of aliphatic hydroxyl groups is 10. The van der Waals surface area contributed by atoms with Crippen molar-refractivity contribution in [2.24, 2.45) is 11.5 Å². The van der Waals surface area contributed by atoms with Crippen molar-refractivity contribution in [2.45, 2.75) is 91.7 Å². The molecule has 16 N–H and O–H groups in total. The van der Waals surface area contributed by atoms with Gasteiger partial charge < -0.3 is 82.5 Å². The highest BCUT2D eigenvalue weighted by atomic mass is 16.7. The van der Waals surface area contributed by atoms with Gasteiger partial charge in [-0.05, 0) is 6.07 Å². The van der Waals surface area contributed by atoms with Crippen molar-refractivity contribution in [1.29, 1.82) is 0 Å². The topological polar surface area (TPSA) is 343 Å². The number of nitrogens with two attached hydrogens (primary N) is 3. The molecule has 40 heavy (non-hydrogen) atoms. The fourth-order valence-electron chi connectivity index (χ4n) is 4.54. The average Bonchev–Trinajstić information content (AvgIpc) is 2.93. The van der Waals surface area contributed by atoms with Crippen molar-refractivity contribution in [3.63, 3.8) is 0 Å². The Bertz CT molecular complexity index is 1020. The highest BCUT2D eigenvalue weighted by Crippen LogP contribution is 2.33. The van der Waals surface area contributed by atoms with Gasteiger partial charge in [0.15, 0.2) is 12.5 Å². The van der Waals surface area contributed by atoms with E-state index in [0.29, 0.717) is 0 Å². The van der Waals surface area contributed by atoms with Gasteiger partial charge in [0.05, 0.1) is 25.3 Å². The highest BCUT2D eigenvalue weighted by molar-refractivity contribution is 5.23. The number of ether oxygens (including phenoxy) is 3. The number of aromatic nitrogens is 2. The van der Waals surface area contributed by atoms with Crippen LogP contribution in [0.2, 0.25) is 0 Å². The predicted molar refractivity (Wildman–Crippen MR) is 129 cm³/mol. The predicted octanol–water partition coefficient (Wildman–Crippen LogP) is -8.64. The molecule has 0 radical (unpaired) electrons. The molecule has 2 aliphatic heterocycles. The molecular formula is C21H37N5O14. The minimum atomic E-state index is -2.29. The molecule has 0 aromatic carbocycles. The molecule has 2 aliphatic rings. The van der Waals surface area contributed by atoms with Gasteiger partial charge in [-0.2, -0.15) is 4.98 Å². The summed E-state index contributed by atoms with van der Waals surface area (Å²) >= 11 is 0. The highest BCUT2D eigenvalue weighted by Gasteiger charge is 2.53. The molecule has 3 rings (SSSR count). The van der Waals surface area contributed by atoms with Gasteiger partial charge in [-0.15, -0.1) is 0 Å². The first kappa shape index (κ1) is 32.6. The smallest absolute Gasteiger partial charge is 0.351 e. The molecule has 0 spiro atoms. The van der Waals surface area contributed by atoms with Crippen LogP contribution in [0.25, 0.3) is 0 Å². The van der Waals surface area contributed by atoms with Gasteiger partial charge in [-0.3, -0.25) is 4.57 Å². The van der Waals surface area contributed by atoms with Gasteiger partial charge in [0.25, 0.3) is 0 Å². The van der Waals surface area contributed by atoms with Crippen molar-refractivity contribution in [1.82, 2.24) is 9.55 Å². The summed E-state index contributed by atoms with van der Waals surface area (Å²) in [5, 5.41) is 102. The molecule has 2 saturated heterocycles. The van der Waals surface area contributed by atoms with E-state index in [1.54, 1.807) is 0 Å². The third-order valence-corrected chi connectivity index (χ3v) is 7.01. The molecule has 15 atom stereocenters. The molecule has 1 aromatic rings. The Morgan fingerprint density at radius 1 is 0.925 bits per heavy atom. The standard InChI is InChI=1S/C21H37N5O14/c22-7-1-2-26(21(37)25-7)19-16(36)12(32)9(24)17(39-19)18(15(35)14(34)10(30)5(29)3-27)40-20-13(33)8(23)11(31)6(4-28)38-20/h1-2,5-6,8-20,27-36H,3-4,23-24H2,(H2,22,25,37)/t5-,6+,8-,9+,10-,11-,12-,13-,14-,15-,16-,17-,18-,19+,20-/m1/s1. The maximum absolute atomic E-state index is 12.4. The van der Waals surface area contributed by atoms with Crippen LogP contribution >= 0.6 is 0 Å². The van der Waals surface area contributed by atoms with Crippen LogP contribution in [0.1, 0.15) is 6.23 Å². The fraction of sp³-hybridized carbons (Fsp3) is 0.810. The number of nitrogens with zero attached hydrogens (tertiary/aromatic N) is 2. The first-order valence-electron chi connectivity index (χ1n) is 12.2. The lowest BCUT2D eigenvalue weighted by Gasteiger charge is -2.48. The number of hydrogen-bond acceptors (Lipinski definition) is 18. The van der Waals surface area contributed by atoms with Crippen LogP contribution in [0.4, 0.5) is 5.82 Å². The number of nitrogen functional groups attached to an aromatic ring is 1. The Balaban J connectivity index is 2.02. The molecule has 0 unspecified atom stereocenters. The number of rotatable bonds is 10. The first-order valence-corrected chi connectivity index (χ1v) is 12.2. The molecule has 19 heteroatoms. The van der Waals surface area contributed by atoms with E-state index in [9.17, 15) is 50.8 Å². The fourth-order valence-corrected chi connectivity index (χ4v) is 4.54. The van der Waals surface area contributed by atoms with Crippen LogP contribution in [0, 0.1) is 0 Å². The van der Waals surface area contributed by atoms with E-state index >= 15 is 0 Å². The maximum atomic E-state index is 12.4. The molecule has 0 amide bonds. The van der Waals surface area contributed by atoms with Gasteiger partial charge in [0.2, 0.25) is 0 Å². The third kappa shape index (κ3) is 6.43. The summed E-state index contributed by atoms with van der Waals surface area (Å²) in [6.45, 7) is -1.80. The summed E-state index contributed by atoms with van der Waals surface area (Å²) in [5.74, 6) is -0.170. The van der Waals surface area contributed by atoms with Crippen LogP contribution in [0.5, 0.6) is 0 Å². The summed E-state index contributed by atoms with van der Waals surface area (Å²) in [6.07, 6.45) is -23.4. The Morgan fingerprint density at radius 2 is 1.57 bits per heavy atom. The lowest BCUT2D eigenvalue weighted by molar-refractivity contribution is -0.326. The number of anilines is 1. The van der Waals surface area contributed by atoms with E-state index in [2.05, 4.69) is 4.98 Å². The van der Waals surface area contributed by atoms with Crippen LogP contribution in [-0.4, -0.2) is 159 Å². The Hall–Kier alpha value is -1.92. The van der Waals surface area contributed by atoms with E-state index in [1.807, 2.05) is 0 Å². The zero-order chi connectivity index (χ0) is 30.0. The van der Waals surface area contributed by atoms with Gasteiger partial charge in [0, 0.05) is 6.20 Å². The summed E-state index contributed by atoms with van der Waals surface area (Å²) in [5.41, 5.74) is 16.3. The molecule has 3 heterocycles. The van der Waals surface area contributed by atoms with Crippen molar-refractivity contribution >= 4 is 5.82 Å². The van der Waals surface area contributed by atoms with Crippen molar-refractivity contribution in [3.05, 3.63) is 22.7 Å². The minimum Gasteiger partial charge on any atom is -0.394 e. The van der Waals surface area contributed by atoms with Crippen LogP contribution in [0.15, 0.2) is 17.1 Å². The van der Waals surface area contributed by atoms with Crippen molar-refractivity contribution in [2.75, 3.05) is 18.9 Å². The number of hydrogen-bond donors (Lipinski definition) is 13. The molecule has 19 nitrogen and oxygen atoms in total. The zero-order valence-corrected chi connectivity index (χ0v) is 21.0. The maximum Gasteiger partial charge on any atom is 0.351 e. The second-order valence-electron chi connectivity index (χ2n) is 9.70. The first-order chi connectivity index (χ1) is 18.7. The van der Waals surface area contributed by atoms with Gasteiger partial charge in [-0.25, -0.2) is 4.79 Å². The molecular weight excluding hydrogens is 546 g/mol. The van der Waals surface area contributed by atoms with Gasteiger partial charge in [0.1, 0.15) is 73.0 Å². The molecule has 0 saturated carbocycles. The second-order valence-corrected chi connectivity index (χ2v) is 9.70. The largest absolute Gasteiger partial charge is 0.394 e. The van der Waals surface area contributed by atoms with E-state index in [0.717, 1.165) is 10.8 Å². The normalized spacial score (nSPS) is 38.8. The van der Waals surface area contributed by atoms with E-state index in [-0.39, 0.29) is 5.82 Å². The van der Waals surface area contributed by atoms with E-state index in [1.165, 1.54) is 6.07 Å². The lowest BCUT2D eigenvalue weighted by atomic mass is 9.87. The Morgan fingerprint density at radius 3 is 2.15 bits per heavy atom. The molecule has 1 aromatic heterocycles. The van der Waals surface area contributed by atoms with Crippen molar-refractivity contribution < 1.29 is 65.3 Å².